The first-order valence-corrected chi connectivity index (χ1v) is 10.4. The summed E-state index contributed by atoms with van der Waals surface area (Å²) >= 11 is 13.9. The minimum atomic E-state index is -0.0275. The van der Waals surface area contributed by atoms with E-state index in [0.29, 0.717) is 22.2 Å². The molecule has 4 aromatic rings. The van der Waals surface area contributed by atoms with Gasteiger partial charge in [-0.25, -0.2) is 4.98 Å². The van der Waals surface area contributed by atoms with E-state index in [1.54, 1.807) is 24.4 Å². The zero-order chi connectivity index (χ0) is 19.5. The van der Waals surface area contributed by atoms with Crippen molar-refractivity contribution in [3.63, 3.8) is 0 Å². The molecule has 4 nitrogen and oxygen atoms in total. The number of thiazole rings is 1. The fourth-order valence-electron chi connectivity index (χ4n) is 3.10. The second kappa shape index (κ2) is 8.35. The van der Waals surface area contributed by atoms with Crippen LogP contribution in [0.5, 0.6) is 0 Å². The van der Waals surface area contributed by atoms with Gasteiger partial charge in [-0.05, 0) is 30.2 Å². The first-order valence-electron chi connectivity index (χ1n) is 8.82. The fourth-order valence-corrected chi connectivity index (χ4v) is 4.78. The molecule has 0 radical (unpaired) electrons. The van der Waals surface area contributed by atoms with Crippen LogP contribution in [0.25, 0.3) is 21.5 Å². The Labute approximate surface area is 176 Å². The Morgan fingerprint density at radius 2 is 1.89 bits per heavy atom. The molecule has 0 aliphatic carbocycles. The van der Waals surface area contributed by atoms with E-state index in [1.165, 1.54) is 22.3 Å². The van der Waals surface area contributed by atoms with Crippen molar-refractivity contribution in [1.29, 1.82) is 0 Å². The molecular weight excluding hydrogens is 413 g/mol. The maximum atomic E-state index is 12.3. The van der Waals surface area contributed by atoms with E-state index in [0.717, 1.165) is 21.8 Å². The van der Waals surface area contributed by atoms with Crippen LogP contribution in [0.1, 0.15) is 10.4 Å². The molecule has 7 heteroatoms. The van der Waals surface area contributed by atoms with Gasteiger partial charge in [0, 0.05) is 40.3 Å². The summed E-state index contributed by atoms with van der Waals surface area (Å²) in [6.07, 6.45) is 4.77. The minimum absolute atomic E-state index is 0.0275. The summed E-state index contributed by atoms with van der Waals surface area (Å²) in [5.41, 5.74) is 3.02. The number of aromatic nitrogens is 2. The summed E-state index contributed by atoms with van der Waals surface area (Å²) in [7, 11) is 0. The Bertz CT molecular complexity index is 1120. The van der Waals surface area contributed by atoms with Crippen molar-refractivity contribution in [2.75, 3.05) is 6.54 Å². The second-order valence-electron chi connectivity index (χ2n) is 6.36. The van der Waals surface area contributed by atoms with E-state index in [2.05, 4.69) is 21.4 Å². The van der Waals surface area contributed by atoms with E-state index in [-0.39, 0.29) is 12.3 Å². The van der Waals surface area contributed by atoms with Crippen molar-refractivity contribution in [3.05, 3.63) is 75.3 Å². The number of halogens is 2. The molecule has 0 atom stereocenters. The van der Waals surface area contributed by atoms with E-state index in [9.17, 15) is 4.79 Å². The number of carbonyl (C=O) groups is 1. The third kappa shape index (κ3) is 4.07. The molecule has 0 saturated heterocycles. The van der Waals surface area contributed by atoms with Crippen LogP contribution in [0, 0.1) is 0 Å². The van der Waals surface area contributed by atoms with Gasteiger partial charge >= 0.3 is 0 Å². The first kappa shape index (κ1) is 19.0. The summed E-state index contributed by atoms with van der Waals surface area (Å²) in [5, 5.41) is 6.00. The normalized spacial score (nSPS) is 11.1. The molecular formula is C21H17Cl2N3OS. The maximum absolute atomic E-state index is 12.3. The largest absolute Gasteiger partial charge is 0.361 e. The topological polar surface area (TPSA) is 57.8 Å². The monoisotopic (exact) mass is 429 g/mol. The number of hydrogen-bond acceptors (Lipinski definition) is 3. The molecule has 2 aromatic heterocycles. The lowest BCUT2D eigenvalue weighted by molar-refractivity contribution is -0.120. The molecule has 0 spiro atoms. The van der Waals surface area contributed by atoms with E-state index in [4.69, 9.17) is 23.2 Å². The van der Waals surface area contributed by atoms with Gasteiger partial charge in [0.05, 0.1) is 16.5 Å². The average Bonchev–Trinajstić information content (AvgIpc) is 3.29. The van der Waals surface area contributed by atoms with Crippen LogP contribution in [0.15, 0.2) is 54.9 Å². The lowest BCUT2D eigenvalue weighted by Gasteiger charge is -2.04. The van der Waals surface area contributed by atoms with Crippen LogP contribution in [0.2, 0.25) is 10.0 Å². The van der Waals surface area contributed by atoms with Gasteiger partial charge < -0.3 is 10.3 Å². The van der Waals surface area contributed by atoms with Crippen LogP contribution in [-0.4, -0.2) is 22.4 Å². The van der Waals surface area contributed by atoms with Crippen molar-refractivity contribution < 1.29 is 4.79 Å². The second-order valence-corrected chi connectivity index (χ2v) is 8.29. The molecule has 28 heavy (non-hydrogen) atoms. The summed E-state index contributed by atoms with van der Waals surface area (Å²) < 4.78 is 0. The molecule has 2 aromatic carbocycles. The zero-order valence-electron chi connectivity index (χ0n) is 14.8. The van der Waals surface area contributed by atoms with Crippen molar-refractivity contribution >= 4 is 51.3 Å². The molecule has 4 rings (SSSR count). The fraction of sp³-hybridized carbons (Fsp3) is 0.143. The van der Waals surface area contributed by atoms with Crippen molar-refractivity contribution in [1.82, 2.24) is 15.3 Å². The first-order chi connectivity index (χ1) is 13.6. The third-order valence-electron chi connectivity index (χ3n) is 4.46. The lowest BCUT2D eigenvalue weighted by Crippen LogP contribution is -2.26. The molecule has 2 heterocycles. The van der Waals surface area contributed by atoms with E-state index in [1.807, 2.05) is 24.4 Å². The standard InChI is InChI=1S/C21H17Cl2N3OS/c22-16-5-3-6-17(23)20(16)21-26-12-14(28-21)10-19(27)24-9-8-13-11-25-18-7-2-1-4-15(13)18/h1-7,11-12,25H,8-10H2,(H,24,27). The van der Waals surface area contributed by atoms with Gasteiger partial charge in [-0.3, -0.25) is 4.79 Å². The Balaban J connectivity index is 1.35. The minimum Gasteiger partial charge on any atom is -0.361 e. The Morgan fingerprint density at radius 1 is 1.11 bits per heavy atom. The number of fused-ring (bicyclic) bond motifs is 1. The number of rotatable bonds is 6. The SMILES string of the molecule is O=C(Cc1cnc(-c2c(Cl)cccc2Cl)s1)NCCc1c[nH]c2ccccc12. The van der Waals surface area contributed by atoms with Gasteiger partial charge in [-0.2, -0.15) is 0 Å². The van der Waals surface area contributed by atoms with Crippen LogP contribution in [-0.2, 0) is 17.6 Å². The predicted octanol–water partition coefficient (Wildman–Crippen LogP) is 5.50. The summed E-state index contributed by atoms with van der Waals surface area (Å²) in [4.78, 5) is 20.8. The zero-order valence-corrected chi connectivity index (χ0v) is 17.2. The number of H-pyrrole nitrogens is 1. The number of amides is 1. The Hall–Kier alpha value is -2.34. The third-order valence-corrected chi connectivity index (χ3v) is 6.10. The number of aromatic amines is 1. The Morgan fingerprint density at radius 3 is 2.71 bits per heavy atom. The van der Waals surface area contributed by atoms with Gasteiger partial charge in [-0.15, -0.1) is 11.3 Å². The molecule has 0 saturated carbocycles. The van der Waals surface area contributed by atoms with Gasteiger partial charge in [-0.1, -0.05) is 47.5 Å². The molecule has 0 bridgehead atoms. The van der Waals surface area contributed by atoms with Crippen molar-refractivity contribution in [3.8, 4) is 10.6 Å². The smallest absolute Gasteiger partial charge is 0.225 e. The van der Waals surface area contributed by atoms with Crippen LogP contribution < -0.4 is 5.32 Å². The number of carbonyl (C=O) groups excluding carboxylic acids is 1. The highest BCUT2D eigenvalue weighted by Gasteiger charge is 2.14. The summed E-state index contributed by atoms with van der Waals surface area (Å²) in [5.74, 6) is -0.0275. The molecule has 2 N–H and O–H groups in total. The van der Waals surface area contributed by atoms with Crippen molar-refractivity contribution in [2.24, 2.45) is 0 Å². The van der Waals surface area contributed by atoms with Gasteiger partial charge in [0.2, 0.25) is 5.91 Å². The quantitative estimate of drug-likeness (QED) is 0.425. The highest BCUT2D eigenvalue weighted by molar-refractivity contribution is 7.15. The van der Waals surface area contributed by atoms with Crippen LogP contribution in [0.3, 0.4) is 0 Å². The van der Waals surface area contributed by atoms with Gasteiger partial charge in [0.15, 0.2) is 0 Å². The summed E-state index contributed by atoms with van der Waals surface area (Å²) in [6.45, 7) is 0.586. The maximum Gasteiger partial charge on any atom is 0.225 e. The number of para-hydroxylation sites is 1. The summed E-state index contributed by atoms with van der Waals surface area (Å²) in [6, 6.07) is 13.5. The number of nitrogens with one attached hydrogen (secondary N) is 2. The molecule has 142 valence electrons. The molecule has 0 unspecified atom stereocenters. The molecule has 1 amide bonds. The average molecular weight is 430 g/mol. The van der Waals surface area contributed by atoms with Crippen molar-refractivity contribution in [2.45, 2.75) is 12.8 Å². The van der Waals surface area contributed by atoms with Crippen LogP contribution >= 0.6 is 34.5 Å². The molecule has 0 aliphatic heterocycles. The highest BCUT2D eigenvalue weighted by atomic mass is 35.5. The highest BCUT2D eigenvalue weighted by Crippen LogP contribution is 2.36. The number of nitrogens with zero attached hydrogens (tertiary/aromatic N) is 1. The molecule has 0 fully saturated rings. The van der Waals surface area contributed by atoms with E-state index < -0.39 is 0 Å². The number of hydrogen-bond donors (Lipinski definition) is 2. The van der Waals surface area contributed by atoms with Gasteiger partial charge in [0.25, 0.3) is 0 Å². The Kier molecular flexibility index (Phi) is 5.67. The van der Waals surface area contributed by atoms with Crippen LogP contribution in [0.4, 0.5) is 0 Å². The number of benzene rings is 2. The van der Waals surface area contributed by atoms with E-state index >= 15 is 0 Å². The molecule has 0 aliphatic rings. The predicted molar refractivity (Wildman–Crippen MR) is 116 cm³/mol. The van der Waals surface area contributed by atoms with Gasteiger partial charge in [0.1, 0.15) is 5.01 Å². The lowest BCUT2D eigenvalue weighted by atomic mass is 10.1.